The Labute approximate surface area is 143 Å². The van der Waals surface area contributed by atoms with Crippen LogP contribution in [-0.4, -0.2) is 53.3 Å². The van der Waals surface area contributed by atoms with Gasteiger partial charge in [-0.05, 0) is 39.3 Å². The van der Waals surface area contributed by atoms with E-state index in [0.717, 1.165) is 6.42 Å². The number of carbonyl (C=O) groups excluding carboxylic acids is 1. The highest BCUT2D eigenvalue weighted by Crippen LogP contribution is 2.27. The zero-order valence-corrected chi connectivity index (χ0v) is 14.8. The van der Waals surface area contributed by atoms with Crippen molar-refractivity contribution >= 4 is 17.7 Å². The number of aromatic carboxylic acids is 1. The standard InChI is InChI=1S/C18H26N2O4/c1-5-13-12-19(17(23)24-18(2,3)4)10-11-20(13)15-9-7-6-8-14(15)16(21)22/h6-9,13H,5,10-12H2,1-4H3,(H,21,22)/t13-/m1/s1. The maximum absolute atomic E-state index is 12.3. The predicted molar refractivity (Wildman–Crippen MR) is 92.6 cm³/mol. The van der Waals surface area contributed by atoms with Gasteiger partial charge in [-0.1, -0.05) is 19.1 Å². The number of carboxylic acids is 1. The summed E-state index contributed by atoms with van der Waals surface area (Å²) in [6.45, 7) is 9.21. The van der Waals surface area contributed by atoms with Gasteiger partial charge in [-0.15, -0.1) is 0 Å². The summed E-state index contributed by atoms with van der Waals surface area (Å²) in [5.41, 5.74) is 0.480. The number of piperazine rings is 1. The van der Waals surface area contributed by atoms with Crippen LogP contribution in [0.2, 0.25) is 0 Å². The molecule has 1 amide bonds. The molecular weight excluding hydrogens is 308 g/mol. The van der Waals surface area contributed by atoms with Crippen LogP contribution in [0.1, 0.15) is 44.5 Å². The van der Waals surface area contributed by atoms with Crippen LogP contribution in [0.3, 0.4) is 0 Å². The molecule has 1 aromatic rings. The molecule has 1 aliphatic rings. The van der Waals surface area contributed by atoms with Gasteiger partial charge in [0.25, 0.3) is 0 Å². The summed E-state index contributed by atoms with van der Waals surface area (Å²) < 4.78 is 5.45. The smallest absolute Gasteiger partial charge is 0.410 e. The van der Waals surface area contributed by atoms with E-state index in [1.54, 1.807) is 17.0 Å². The summed E-state index contributed by atoms with van der Waals surface area (Å²) in [5.74, 6) is -0.935. The number of para-hydroxylation sites is 1. The van der Waals surface area contributed by atoms with Crippen molar-refractivity contribution in [2.24, 2.45) is 0 Å². The van der Waals surface area contributed by atoms with Crippen molar-refractivity contribution in [1.29, 1.82) is 0 Å². The summed E-state index contributed by atoms with van der Waals surface area (Å²) in [4.78, 5) is 27.6. The van der Waals surface area contributed by atoms with E-state index in [2.05, 4.69) is 4.90 Å². The number of benzene rings is 1. The highest BCUT2D eigenvalue weighted by atomic mass is 16.6. The number of ether oxygens (including phenoxy) is 1. The topological polar surface area (TPSA) is 70.1 Å². The van der Waals surface area contributed by atoms with Gasteiger partial charge in [0.15, 0.2) is 0 Å². The van der Waals surface area contributed by atoms with Crippen LogP contribution in [0.5, 0.6) is 0 Å². The fraction of sp³-hybridized carbons (Fsp3) is 0.556. The molecule has 1 fully saturated rings. The van der Waals surface area contributed by atoms with E-state index in [1.165, 1.54) is 0 Å². The minimum absolute atomic E-state index is 0.0618. The largest absolute Gasteiger partial charge is 0.478 e. The molecule has 132 valence electrons. The van der Waals surface area contributed by atoms with Crippen LogP contribution in [0.4, 0.5) is 10.5 Å². The number of carbonyl (C=O) groups is 2. The maximum atomic E-state index is 12.3. The molecule has 1 saturated heterocycles. The van der Waals surface area contributed by atoms with Gasteiger partial charge in [0.1, 0.15) is 5.60 Å². The van der Waals surface area contributed by atoms with Gasteiger partial charge in [0.05, 0.1) is 11.3 Å². The lowest BCUT2D eigenvalue weighted by Crippen LogP contribution is -2.55. The number of hydrogen-bond donors (Lipinski definition) is 1. The number of rotatable bonds is 3. The van der Waals surface area contributed by atoms with Crippen LogP contribution in [0.25, 0.3) is 0 Å². The van der Waals surface area contributed by atoms with Crippen LogP contribution >= 0.6 is 0 Å². The van der Waals surface area contributed by atoms with Gasteiger partial charge < -0.3 is 19.6 Å². The molecule has 24 heavy (non-hydrogen) atoms. The Morgan fingerprint density at radius 2 is 1.92 bits per heavy atom. The number of hydrogen-bond acceptors (Lipinski definition) is 4. The Hall–Kier alpha value is -2.24. The fourth-order valence-electron chi connectivity index (χ4n) is 2.92. The predicted octanol–water partition coefficient (Wildman–Crippen LogP) is 3.22. The molecule has 1 aromatic carbocycles. The van der Waals surface area contributed by atoms with Gasteiger partial charge in [-0.3, -0.25) is 0 Å². The molecule has 0 unspecified atom stereocenters. The average Bonchev–Trinajstić information content (AvgIpc) is 2.52. The minimum Gasteiger partial charge on any atom is -0.478 e. The van der Waals surface area contributed by atoms with Crippen molar-refractivity contribution in [2.75, 3.05) is 24.5 Å². The second kappa shape index (κ2) is 7.11. The number of nitrogens with zero attached hydrogens (tertiary/aromatic N) is 2. The van der Waals surface area contributed by atoms with Crippen LogP contribution < -0.4 is 4.90 Å². The molecule has 6 nitrogen and oxygen atoms in total. The van der Waals surface area contributed by atoms with Crippen molar-refractivity contribution < 1.29 is 19.4 Å². The lowest BCUT2D eigenvalue weighted by Gasteiger charge is -2.43. The molecule has 1 N–H and O–H groups in total. The first-order valence-electron chi connectivity index (χ1n) is 8.30. The third-order valence-corrected chi connectivity index (χ3v) is 4.05. The van der Waals surface area contributed by atoms with Crippen LogP contribution in [0.15, 0.2) is 24.3 Å². The number of carboxylic acid groups (broad SMARTS) is 1. The average molecular weight is 334 g/mol. The second-order valence-corrected chi connectivity index (χ2v) is 7.00. The molecule has 1 aliphatic heterocycles. The molecule has 0 aliphatic carbocycles. The summed E-state index contributed by atoms with van der Waals surface area (Å²) in [7, 11) is 0. The Morgan fingerprint density at radius 1 is 1.25 bits per heavy atom. The van der Waals surface area contributed by atoms with Gasteiger partial charge in [0.2, 0.25) is 0 Å². The zero-order valence-electron chi connectivity index (χ0n) is 14.8. The van der Waals surface area contributed by atoms with E-state index >= 15 is 0 Å². The first-order chi connectivity index (χ1) is 11.2. The van der Waals surface area contributed by atoms with Crippen LogP contribution in [-0.2, 0) is 4.74 Å². The molecule has 0 spiro atoms. The highest BCUT2D eigenvalue weighted by Gasteiger charge is 2.32. The van der Waals surface area contributed by atoms with Gasteiger partial charge >= 0.3 is 12.1 Å². The maximum Gasteiger partial charge on any atom is 0.410 e. The van der Waals surface area contributed by atoms with Crippen molar-refractivity contribution in [3.63, 3.8) is 0 Å². The van der Waals surface area contributed by atoms with Gasteiger partial charge in [-0.25, -0.2) is 9.59 Å². The second-order valence-electron chi connectivity index (χ2n) is 7.00. The monoisotopic (exact) mass is 334 g/mol. The Bertz CT molecular complexity index is 609. The third-order valence-electron chi connectivity index (χ3n) is 4.05. The fourth-order valence-corrected chi connectivity index (χ4v) is 2.92. The van der Waals surface area contributed by atoms with E-state index in [4.69, 9.17) is 4.74 Å². The normalized spacial score (nSPS) is 18.4. The lowest BCUT2D eigenvalue weighted by molar-refractivity contribution is 0.0213. The molecule has 0 aromatic heterocycles. The molecule has 1 heterocycles. The number of anilines is 1. The Morgan fingerprint density at radius 3 is 2.50 bits per heavy atom. The first kappa shape index (κ1) is 18.1. The van der Waals surface area contributed by atoms with Crippen LogP contribution in [0, 0.1) is 0 Å². The van der Waals surface area contributed by atoms with Crippen molar-refractivity contribution in [3.8, 4) is 0 Å². The first-order valence-corrected chi connectivity index (χ1v) is 8.30. The summed E-state index contributed by atoms with van der Waals surface area (Å²) >= 11 is 0. The molecule has 0 saturated carbocycles. The zero-order chi connectivity index (χ0) is 17.9. The Kier molecular flexibility index (Phi) is 5.36. The van der Waals surface area contributed by atoms with E-state index in [0.29, 0.717) is 30.9 Å². The lowest BCUT2D eigenvalue weighted by atomic mass is 10.1. The molecule has 1 atom stereocenters. The molecule has 6 heteroatoms. The van der Waals surface area contributed by atoms with Crippen molar-refractivity contribution in [1.82, 2.24) is 4.90 Å². The van der Waals surface area contributed by atoms with Gasteiger partial charge in [0, 0.05) is 25.7 Å². The molecule has 0 radical (unpaired) electrons. The summed E-state index contributed by atoms with van der Waals surface area (Å²) in [5, 5.41) is 9.41. The third kappa shape index (κ3) is 4.19. The minimum atomic E-state index is -0.935. The van der Waals surface area contributed by atoms with Crippen molar-refractivity contribution in [3.05, 3.63) is 29.8 Å². The SMILES string of the molecule is CC[C@@H]1CN(C(=O)OC(C)(C)C)CCN1c1ccccc1C(=O)O. The molecule has 0 bridgehead atoms. The van der Waals surface area contributed by atoms with E-state index in [1.807, 2.05) is 39.8 Å². The van der Waals surface area contributed by atoms with Crippen molar-refractivity contribution in [2.45, 2.75) is 45.8 Å². The quantitative estimate of drug-likeness (QED) is 0.919. The van der Waals surface area contributed by atoms with E-state index in [-0.39, 0.29) is 12.1 Å². The highest BCUT2D eigenvalue weighted by molar-refractivity contribution is 5.94. The molecular formula is C18H26N2O4. The summed E-state index contributed by atoms with van der Waals surface area (Å²) in [6.07, 6.45) is 0.500. The molecule has 2 rings (SSSR count). The number of amides is 1. The summed E-state index contributed by atoms with van der Waals surface area (Å²) in [6, 6.07) is 7.08. The van der Waals surface area contributed by atoms with E-state index < -0.39 is 11.6 Å². The van der Waals surface area contributed by atoms with E-state index in [9.17, 15) is 14.7 Å². The van der Waals surface area contributed by atoms with Gasteiger partial charge in [-0.2, -0.15) is 0 Å². The Balaban J connectivity index is 2.17.